The SMILES string of the molecule is N#Cc1ccc(O[C@H]2CC[C@H](NC(=O)CCSc3nc4c(c(=O)[nH]3)CCCC4)CC2)cc1. The molecule has 1 amide bonds. The van der Waals surface area contributed by atoms with Crippen LogP contribution in [-0.4, -0.2) is 33.8 Å². The summed E-state index contributed by atoms with van der Waals surface area (Å²) in [5.41, 5.74) is 2.35. The molecule has 0 aliphatic heterocycles. The van der Waals surface area contributed by atoms with E-state index < -0.39 is 0 Å². The number of fused-ring (bicyclic) bond motifs is 1. The Bertz CT molecular complexity index is 1040. The van der Waals surface area contributed by atoms with E-state index in [2.05, 4.69) is 21.4 Å². The van der Waals surface area contributed by atoms with Crippen molar-refractivity contribution in [2.75, 3.05) is 5.75 Å². The second-order valence-electron chi connectivity index (χ2n) is 8.40. The second kappa shape index (κ2) is 10.7. The highest BCUT2D eigenvalue weighted by Crippen LogP contribution is 2.24. The van der Waals surface area contributed by atoms with Crippen molar-refractivity contribution in [3.8, 4) is 11.8 Å². The Balaban J connectivity index is 1.17. The van der Waals surface area contributed by atoms with Gasteiger partial charge < -0.3 is 15.0 Å². The van der Waals surface area contributed by atoms with Gasteiger partial charge in [0.05, 0.1) is 23.4 Å². The van der Waals surface area contributed by atoms with Crippen molar-refractivity contribution in [1.29, 1.82) is 5.26 Å². The minimum atomic E-state index is -0.0263. The number of aromatic nitrogens is 2. The van der Waals surface area contributed by atoms with E-state index in [0.29, 0.717) is 22.9 Å². The van der Waals surface area contributed by atoms with Crippen LogP contribution in [0, 0.1) is 11.3 Å². The highest BCUT2D eigenvalue weighted by molar-refractivity contribution is 7.99. The molecule has 8 heteroatoms. The molecule has 2 aromatic rings. The smallest absolute Gasteiger partial charge is 0.254 e. The van der Waals surface area contributed by atoms with E-state index in [0.717, 1.165) is 68.4 Å². The maximum Gasteiger partial charge on any atom is 0.254 e. The molecular weight excluding hydrogens is 424 g/mol. The van der Waals surface area contributed by atoms with Crippen molar-refractivity contribution in [2.24, 2.45) is 0 Å². The van der Waals surface area contributed by atoms with Gasteiger partial charge in [0.15, 0.2) is 5.16 Å². The first-order chi connectivity index (χ1) is 15.6. The van der Waals surface area contributed by atoms with Crippen LogP contribution in [0.1, 0.15) is 61.8 Å². The Morgan fingerprint density at radius 1 is 1.19 bits per heavy atom. The normalized spacial score (nSPS) is 20.1. The average Bonchev–Trinajstić information content (AvgIpc) is 2.81. The zero-order valence-electron chi connectivity index (χ0n) is 18.1. The number of hydrogen-bond donors (Lipinski definition) is 2. The molecule has 168 valence electrons. The maximum atomic E-state index is 12.4. The minimum Gasteiger partial charge on any atom is -0.490 e. The van der Waals surface area contributed by atoms with E-state index in [4.69, 9.17) is 10.00 Å². The fourth-order valence-electron chi connectivity index (χ4n) is 4.31. The zero-order chi connectivity index (χ0) is 22.3. The molecule has 2 N–H and O–H groups in total. The van der Waals surface area contributed by atoms with Crippen molar-refractivity contribution in [1.82, 2.24) is 15.3 Å². The Morgan fingerprint density at radius 2 is 1.94 bits per heavy atom. The third-order valence-corrected chi connectivity index (χ3v) is 6.94. The number of hydrogen-bond acceptors (Lipinski definition) is 6. The Hall–Kier alpha value is -2.79. The molecule has 0 bridgehead atoms. The van der Waals surface area contributed by atoms with Crippen LogP contribution in [0.15, 0.2) is 34.2 Å². The molecule has 2 aliphatic carbocycles. The molecular formula is C24H28N4O3S. The summed E-state index contributed by atoms with van der Waals surface area (Å²) in [6, 6.07) is 9.45. The van der Waals surface area contributed by atoms with Gasteiger partial charge in [0.1, 0.15) is 5.75 Å². The van der Waals surface area contributed by atoms with Crippen molar-refractivity contribution in [2.45, 2.75) is 75.1 Å². The first-order valence-corrected chi connectivity index (χ1v) is 12.3. The first kappa shape index (κ1) is 22.4. The van der Waals surface area contributed by atoms with E-state index >= 15 is 0 Å². The van der Waals surface area contributed by atoms with E-state index in [1.807, 2.05) is 12.1 Å². The van der Waals surface area contributed by atoms with E-state index in [9.17, 15) is 9.59 Å². The molecule has 1 aromatic heterocycles. The van der Waals surface area contributed by atoms with Gasteiger partial charge in [-0.15, -0.1) is 0 Å². The van der Waals surface area contributed by atoms with Crippen LogP contribution in [0.5, 0.6) is 5.75 Å². The number of thioether (sulfide) groups is 1. The lowest BCUT2D eigenvalue weighted by atomic mass is 9.93. The molecule has 1 saturated carbocycles. The largest absolute Gasteiger partial charge is 0.490 e. The molecule has 0 spiro atoms. The number of carbonyl (C=O) groups excluding carboxylic acids is 1. The van der Waals surface area contributed by atoms with Gasteiger partial charge in [-0.1, -0.05) is 11.8 Å². The van der Waals surface area contributed by atoms with Crippen LogP contribution >= 0.6 is 11.8 Å². The van der Waals surface area contributed by atoms with Gasteiger partial charge >= 0.3 is 0 Å². The Kier molecular flexibility index (Phi) is 7.48. The van der Waals surface area contributed by atoms with Gasteiger partial charge in [0, 0.05) is 23.8 Å². The predicted octanol–water partition coefficient (Wildman–Crippen LogP) is 3.51. The van der Waals surface area contributed by atoms with E-state index in [1.54, 1.807) is 12.1 Å². The lowest BCUT2D eigenvalue weighted by Gasteiger charge is -2.29. The highest BCUT2D eigenvalue weighted by Gasteiger charge is 2.23. The first-order valence-electron chi connectivity index (χ1n) is 11.3. The van der Waals surface area contributed by atoms with Crippen LogP contribution in [-0.2, 0) is 17.6 Å². The minimum absolute atomic E-state index is 0.0263. The fourth-order valence-corrected chi connectivity index (χ4v) is 5.13. The lowest BCUT2D eigenvalue weighted by molar-refractivity contribution is -0.121. The standard InChI is InChI=1S/C24H28N4O3S/c25-15-16-5-9-18(10-6-16)31-19-11-7-17(8-12-19)26-22(29)13-14-32-24-27-21-4-2-1-3-20(21)23(30)28-24/h5-6,9-10,17,19H,1-4,7-8,11-14H2,(H,26,29)(H,27,28,30)/t17-,19-. The van der Waals surface area contributed by atoms with Crippen LogP contribution in [0.4, 0.5) is 0 Å². The lowest BCUT2D eigenvalue weighted by Crippen LogP contribution is -2.39. The van der Waals surface area contributed by atoms with Crippen LogP contribution < -0.4 is 15.6 Å². The quantitative estimate of drug-likeness (QED) is 0.492. The van der Waals surface area contributed by atoms with Gasteiger partial charge in [-0.2, -0.15) is 5.26 Å². The Labute approximate surface area is 192 Å². The summed E-state index contributed by atoms with van der Waals surface area (Å²) >= 11 is 1.43. The van der Waals surface area contributed by atoms with E-state index in [-0.39, 0.29) is 23.6 Å². The third-order valence-electron chi connectivity index (χ3n) is 6.06. The molecule has 4 rings (SSSR count). The number of benzene rings is 1. The predicted molar refractivity (Wildman–Crippen MR) is 123 cm³/mol. The summed E-state index contributed by atoms with van der Waals surface area (Å²) in [5.74, 6) is 1.40. The number of nitrogens with one attached hydrogen (secondary N) is 2. The Morgan fingerprint density at radius 3 is 2.69 bits per heavy atom. The number of aryl methyl sites for hydroxylation is 1. The third kappa shape index (κ3) is 5.92. The molecule has 0 saturated heterocycles. The number of nitrogens with zero attached hydrogens (tertiary/aromatic N) is 2. The van der Waals surface area contributed by atoms with Gasteiger partial charge in [-0.05, 0) is 75.6 Å². The monoisotopic (exact) mass is 452 g/mol. The number of aromatic amines is 1. The summed E-state index contributed by atoms with van der Waals surface area (Å²) < 4.78 is 6.01. The molecule has 0 radical (unpaired) electrons. The molecule has 7 nitrogen and oxygen atoms in total. The maximum absolute atomic E-state index is 12.4. The molecule has 0 unspecified atom stereocenters. The number of carbonyl (C=O) groups is 1. The van der Waals surface area contributed by atoms with Crippen LogP contribution in [0.2, 0.25) is 0 Å². The van der Waals surface area contributed by atoms with Gasteiger partial charge in [-0.3, -0.25) is 9.59 Å². The summed E-state index contributed by atoms with van der Waals surface area (Å²) in [6.07, 6.45) is 7.89. The summed E-state index contributed by atoms with van der Waals surface area (Å²) in [5, 5.41) is 12.6. The number of ether oxygens (including phenoxy) is 1. The summed E-state index contributed by atoms with van der Waals surface area (Å²) in [4.78, 5) is 32.0. The van der Waals surface area contributed by atoms with Crippen LogP contribution in [0.3, 0.4) is 0 Å². The van der Waals surface area contributed by atoms with Crippen molar-refractivity contribution >= 4 is 17.7 Å². The molecule has 1 heterocycles. The average molecular weight is 453 g/mol. The molecule has 32 heavy (non-hydrogen) atoms. The van der Waals surface area contributed by atoms with Gasteiger partial charge in [0.25, 0.3) is 5.56 Å². The fraction of sp³-hybridized carbons (Fsp3) is 0.500. The topological polar surface area (TPSA) is 108 Å². The summed E-state index contributed by atoms with van der Waals surface area (Å²) in [7, 11) is 0. The summed E-state index contributed by atoms with van der Waals surface area (Å²) in [6.45, 7) is 0. The van der Waals surface area contributed by atoms with Crippen molar-refractivity contribution in [3.63, 3.8) is 0 Å². The number of nitriles is 1. The number of H-pyrrole nitrogens is 1. The molecule has 2 aliphatic rings. The van der Waals surface area contributed by atoms with Crippen LogP contribution in [0.25, 0.3) is 0 Å². The van der Waals surface area contributed by atoms with Gasteiger partial charge in [0.2, 0.25) is 5.91 Å². The zero-order valence-corrected chi connectivity index (χ0v) is 18.9. The van der Waals surface area contributed by atoms with Crippen molar-refractivity contribution in [3.05, 3.63) is 51.4 Å². The second-order valence-corrected chi connectivity index (χ2v) is 9.48. The number of amides is 1. The number of rotatable bonds is 7. The molecule has 0 atom stereocenters. The van der Waals surface area contributed by atoms with Gasteiger partial charge in [-0.25, -0.2) is 4.98 Å². The van der Waals surface area contributed by atoms with E-state index in [1.165, 1.54) is 11.8 Å². The molecule has 1 fully saturated rings. The van der Waals surface area contributed by atoms with Crippen molar-refractivity contribution < 1.29 is 9.53 Å². The highest BCUT2D eigenvalue weighted by atomic mass is 32.2. The molecule has 1 aromatic carbocycles.